The van der Waals surface area contributed by atoms with Gasteiger partial charge in [-0.2, -0.15) is 5.26 Å². The molecule has 2 aromatic carbocycles. The second kappa shape index (κ2) is 9.03. The zero-order valence-electron chi connectivity index (χ0n) is 16.2. The number of carboxylic acids is 1. The van der Waals surface area contributed by atoms with E-state index in [0.29, 0.717) is 11.4 Å². The maximum absolute atomic E-state index is 11.0. The predicted molar refractivity (Wildman–Crippen MR) is 121 cm³/mol. The van der Waals surface area contributed by atoms with Gasteiger partial charge in [-0.1, -0.05) is 36.4 Å². The third-order valence-electron chi connectivity index (χ3n) is 4.40. The van der Waals surface area contributed by atoms with Gasteiger partial charge in [0, 0.05) is 29.3 Å². The summed E-state index contributed by atoms with van der Waals surface area (Å²) in [5, 5.41) is 18.9. The predicted octanol–water partition coefficient (Wildman–Crippen LogP) is 5.67. The van der Waals surface area contributed by atoms with E-state index >= 15 is 0 Å². The first kappa shape index (κ1) is 20.0. The molecule has 0 radical (unpaired) electrons. The molecular formula is C24H16N4O2S. The smallest absolute Gasteiger partial charge is 0.346 e. The minimum atomic E-state index is -1.28. The molecule has 7 heteroatoms. The van der Waals surface area contributed by atoms with E-state index < -0.39 is 5.97 Å². The van der Waals surface area contributed by atoms with Crippen LogP contribution in [0.25, 0.3) is 16.8 Å². The van der Waals surface area contributed by atoms with E-state index in [4.69, 9.17) is 10.4 Å². The van der Waals surface area contributed by atoms with Crippen molar-refractivity contribution < 1.29 is 9.90 Å². The van der Waals surface area contributed by atoms with Crippen LogP contribution < -0.4 is 4.90 Å². The number of para-hydroxylation sites is 2. The molecule has 31 heavy (non-hydrogen) atoms. The average molecular weight is 424 g/mol. The molecule has 0 aliphatic heterocycles. The van der Waals surface area contributed by atoms with Crippen LogP contribution in [0.15, 0.2) is 90.8 Å². The number of aliphatic carboxylic acids is 1. The monoisotopic (exact) mass is 424 g/mol. The summed E-state index contributed by atoms with van der Waals surface area (Å²) in [5.41, 5.74) is 2.17. The second-order valence-corrected chi connectivity index (χ2v) is 7.52. The van der Waals surface area contributed by atoms with Crippen molar-refractivity contribution in [2.75, 3.05) is 4.90 Å². The maximum atomic E-state index is 11.0. The van der Waals surface area contributed by atoms with Gasteiger partial charge in [0.15, 0.2) is 5.82 Å². The highest BCUT2D eigenvalue weighted by molar-refractivity contribution is 7.19. The van der Waals surface area contributed by atoms with Crippen molar-refractivity contribution in [1.29, 1.82) is 5.26 Å². The number of carboxylic acid groups (broad SMARTS) is 1. The fraction of sp³-hybridized carbons (Fsp3) is 0. The minimum absolute atomic E-state index is 0.365. The lowest BCUT2D eigenvalue weighted by Gasteiger charge is -2.23. The lowest BCUT2D eigenvalue weighted by atomic mass is 10.2. The van der Waals surface area contributed by atoms with E-state index in [1.165, 1.54) is 18.5 Å². The van der Waals surface area contributed by atoms with Gasteiger partial charge in [0.25, 0.3) is 0 Å². The molecule has 0 amide bonds. The van der Waals surface area contributed by atoms with E-state index in [-0.39, 0.29) is 5.57 Å². The molecule has 6 nitrogen and oxygen atoms in total. The number of rotatable bonds is 6. The Hall–Kier alpha value is -4.28. The van der Waals surface area contributed by atoms with Gasteiger partial charge < -0.3 is 10.0 Å². The van der Waals surface area contributed by atoms with Crippen molar-refractivity contribution in [3.63, 3.8) is 0 Å². The SMILES string of the molecule is N#C/C(=C/c1cnc(-c2ccc(N(c3ccccc3)c3ccccc3)s2)nc1)C(=O)O. The summed E-state index contributed by atoms with van der Waals surface area (Å²) in [4.78, 5) is 22.7. The molecule has 1 N–H and O–H groups in total. The topological polar surface area (TPSA) is 90.1 Å². The Balaban J connectivity index is 1.67. The number of aromatic nitrogens is 2. The normalized spacial score (nSPS) is 11.0. The summed E-state index contributed by atoms with van der Waals surface area (Å²) in [5.74, 6) is -0.750. The van der Waals surface area contributed by atoms with Crippen LogP contribution in [-0.2, 0) is 4.79 Å². The number of hydrogen-bond acceptors (Lipinski definition) is 6. The first-order valence-electron chi connectivity index (χ1n) is 9.33. The number of thiophene rings is 1. The first-order valence-corrected chi connectivity index (χ1v) is 10.1. The quantitative estimate of drug-likeness (QED) is 0.317. The minimum Gasteiger partial charge on any atom is -0.477 e. The van der Waals surface area contributed by atoms with E-state index in [9.17, 15) is 4.79 Å². The Morgan fingerprint density at radius 3 is 2.03 bits per heavy atom. The zero-order chi connectivity index (χ0) is 21.6. The Kier molecular flexibility index (Phi) is 5.83. The van der Waals surface area contributed by atoms with Crippen molar-refractivity contribution >= 4 is 39.8 Å². The van der Waals surface area contributed by atoms with Crippen LogP contribution >= 0.6 is 11.3 Å². The molecule has 0 bridgehead atoms. The van der Waals surface area contributed by atoms with Crippen LogP contribution in [0.3, 0.4) is 0 Å². The summed E-state index contributed by atoms with van der Waals surface area (Å²) in [6, 6.07) is 25.8. The van der Waals surface area contributed by atoms with Gasteiger partial charge in [-0.25, -0.2) is 14.8 Å². The maximum Gasteiger partial charge on any atom is 0.346 e. The number of anilines is 3. The van der Waals surface area contributed by atoms with Crippen LogP contribution in [0.2, 0.25) is 0 Å². The molecule has 0 aliphatic rings. The number of nitriles is 1. The Morgan fingerprint density at radius 2 is 1.52 bits per heavy atom. The lowest BCUT2D eigenvalue weighted by Crippen LogP contribution is -2.07. The highest BCUT2D eigenvalue weighted by Gasteiger charge is 2.15. The van der Waals surface area contributed by atoms with Crippen LogP contribution in [-0.4, -0.2) is 21.0 Å². The van der Waals surface area contributed by atoms with E-state index in [1.54, 1.807) is 17.4 Å². The van der Waals surface area contributed by atoms with Crippen molar-refractivity contribution in [2.45, 2.75) is 0 Å². The van der Waals surface area contributed by atoms with E-state index in [0.717, 1.165) is 21.3 Å². The highest BCUT2D eigenvalue weighted by Crippen LogP contribution is 2.40. The third-order valence-corrected chi connectivity index (χ3v) is 5.46. The average Bonchev–Trinajstić information content (AvgIpc) is 3.29. The van der Waals surface area contributed by atoms with Gasteiger partial charge in [0.1, 0.15) is 16.6 Å². The molecule has 0 spiro atoms. The van der Waals surface area contributed by atoms with Crippen LogP contribution in [0, 0.1) is 11.3 Å². The van der Waals surface area contributed by atoms with Gasteiger partial charge in [-0.15, -0.1) is 11.3 Å². The Labute approximate surface area is 183 Å². The number of hydrogen-bond donors (Lipinski definition) is 1. The third kappa shape index (κ3) is 4.50. The van der Waals surface area contributed by atoms with Gasteiger partial charge in [0.2, 0.25) is 0 Å². The standard InChI is InChI=1S/C24H16N4O2S/c25-14-18(24(29)30)13-17-15-26-23(27-16-17)21-11-12-22(31-21)28(19-7-3-1-4-8-19)20-9-5-2-6-10-20/h1-13,15-16H,(H,29,30)/b18-13-. The van der Waals surface area contributed by atoms with Crippen molar-refractivity contribution in [3.8, 4) is 16.8 Å². The molecule has 4 aromatic rings. The molecule has 150 valence electrons. The summed E-state index contributed by atoms with van der Waals surface area (Å²) in [6.07, 6.45) is 4.26. The number of carbonyl (C=O) groups is 1. The van der Waals surface area contributed by atoms with Gasteiger partial charge in [-0.3, -0.25) is 0 Å². The molecule has 0 aliphatic carbocycles. The molecule has 4 rings (SSSR count). The van der Waals surface area contributed by atoms with Crippen molar-refractivity contribution in [3.05, 3.63) is 96.3 Å². The van der Waals surface area contributed by atoms with Gasteiger partial charge >= 0.3 is 5.97 Å². The fourth-order valence-electron chi connectivity index (χ4n) is 2.97. The molecule has 0 atom stereocenters. The van der Waals surface area contributed by atoms with Crippen LogP contribution in [0.4, 0.5) is 16.4 Å². The van der Waals surface area contributed by atoms with Crippen LogP contribution in [0.5, 0.6) is 0 Å². The van der Waals surface area contributed by atoms with Gasteiger partial charge in [0.05, 0.1) is 4.88 Å². The van der Waals surface area contributed by atoms with E-state index in [2.05, 4.69) is 39.1 Å². The van der Waals surface area contributed by atoms with E-state index in [1.807, 2.05) is 48.5 Å². The second-order valence-electron chi connectivity index (χ2n) is 6.46. The number of benzene rings is 2. The molecule has 0 unspecified atom stereocenters. The zero-order valence-corrected chi connectivity index (χ0v) is 17.0. The van der Waals surface area contributed by atoms with Crippen molar-refractivity contribution in [2.24, 2.45) is 0 Å². The molecule has 2 aromatic heterocycles. The molecule has 0 saturated heterocycles. The largest absolute Gasteiger partial charge is 0.477 e. The Bertz CT molecular complexity index is 1220. The molecular weight excluding hydrogens is 408 g/mol. The Morgan fingerprint density at radius 1 is 0.935 bits per heavy atom. The number of nitrogens with zero attached hydrogens (tertiary/aromatic N) is 4. The summed E-state index contributed by atoms with van der Waals surface area (Å²) in [7, 11) is 0. The fourth-order valence-corrected chi connectivity index (χ4v) is 3.97. The highest BCUT2D eigenvalue weighted by atomic mass is 32.1. The lowest BCUT2D eigenvalue weighted by molar-refractivity contribution is -0.132. The summed E-state index contributed by atoms with van der Waals surface area (Å²) >= 11 is 1.55. The summed E-state index contributed by atoms with van der Waals surface area (Å²) in [6.45, 7) is 0. The summed E-state index contributed by atoms with van der Waals surface area (Å²) < 4.78 is 0. The molecule has 2 heterocycles. The van der Waals surface area contributed by atoms with Crippen molar-refractivity contribution in [1.82, 2.24) is 9.97 Å². The molecule has 0 fully saturated rings. The van der Waals surface area contributed by atoms with Gasteiger partial charge in [-0.05, 0) is 42.5 Å². The molecule has 0 saturated carbocycles. The van der Waals surface area contributed by atoms with Crippen LogP contribution in [0.1, 0.15) is 5.56 Å². The first-order chi connectivity index (χ1) is 15.2.